The molecule has 0 heterocycles. The summed E-state index contributed by atoms with van der Waals surface area (Å²) in [5.41, 5.74) is 4.46. The van der Waals surface area contributed by atoms with E-state index in [0.717, 1.165) is 16.0 Å². The zero-order chi connectivity index (χ0) is 21.6. The number of hydrogen-bond donors (Lipinski definition) is 0. The SMILES string of the molecule is COC1=CC(=[O+]C)C(=c2ccc(=C(c3ccccc3)c3ccccc3)cc2)C(OC)=C1. The van der Waals surface area contributed by atoms with E-state index >= 15 is 0 Å². The van der Waals surface area contributed by atoms with Crippen molar-refractivity contribution in [2.75, 3.05) is 21.3 Å². The summed E-state index contributed by atoms with van der Waals surface area (Å²) in [7, 11) is 4.94. The summed E-state index contributed by atoms with van der Waals surface area (Å²) in [6, 6.07) is 29.4. The summed E-state index contributed by atoms with van der Waals surface area (Å²) in [4.78, 5) is 0. The van der Waals surface area contributed by atoms with Crippen molar-refractivity contribution in [1.29, 1.82) is 0 Å². The summed E-state index contributed by atoms with van der Waals surface area (Å²) >= 11 is 0. The predicted octanol–water partition coefficient (Wildman–Crippen LogP) is 3.89. The highest BCUT2D eigenvalue weighted by atomic mass is 16.5. The molecule has 31 heavy (non-hydrogen) atoms. The van der Waals surface area contributed by atoms with Gasteiger partial charge in [-0.15, -0.1) is 0 Å². The van der Waals surface area contributed by atoms with Crippen molar-refractivity contribution in [3.8, 4) is 0 Å². The van der Waals surface area contributed by atoms with Gasteiger partial charge < -0.3 is 9.47 Å². The van der Waals surface area contributed by atoms with Crippen molar-refractivity contribution in [1.82, 2.24) is 0 Å². The molecule has 0 unspecified atom stereocenters. The van der Waals surface area contributed by atoms with Crippen molar-refractivity contribution in [3.63, 3.8) is 0 Å². The third kappa shape index (κ3) is 4.22. The zero-order valence-electron chi connectivity index (χ0n) is 18.0. The Bertz CT molecular complexity index is 1220. The zero-order valence-corrected chi connectivity index (χ0v) is 18.0. The maximum atomic E-state index is 5.64. The third-order valence-corrected chi connectivity index (χ3v) is 5.30. The Balaban J connectivity index is 1.94. The van der Waals surface area contributed by atoms with Crippen LogP contribution in [0.5, 0.6) is 0 Å². The Morgan fingerprint density at radius 1 is 0.677 bits per heavy atom. The lowest BCUT2D eigenvalue weighted by Crippen LogP contribution is -2.21. The highest BCUT2D eigenvalue weighted by molar-refractivity contribution is 6.26. The molecular formula is C28H25O3+. The molecule has 4 rings (SSSR count). The van der Waals surface area contributed by atoms with Gasteiger partial charge in [0.2, 0.25) is 0 Å². The van der Waals surface area contributed by atoms with Crippen LogP contribution in [0.2, 0.25) is 0 Å². The van der Waals surface area contributed by atoms with Gasteiger partial charge in [0.25, 0.3) is 7.11 Å². The molecular weight excluding hydrogens is 384 g/mol. The molecule has 0 aromatic heterocycles. The van der Waals surface area contributed by atoms with Crippen LogP contribution in [0.1, 0.15) is 11.1 Å². The fourth-order valence-electron chi connectivity index (χ4n) is 3.80. The molecule has 3 heteroatoms. The van der Waals surface area contributed by atoms with Gasteiger partial charge in [0.05, 0.1) is 20.3 Å². The van der Waals surface area contributed by atoms with E-state index in [2.05, 4.69) is 72.8 Å². The molecule has 0 radical (unpaired) electrons. The Morgan fingerprint density at radius 2 is 1.26 bits per heavy atom. The van der Waals surface area contributed by atoms with E-state index in [4.69, 9.17) is 13.9 Å². The largest absolute Gasteiger partial charge is 0.496 e. The van der Waals surface area contributed by atoms with Crippen LogP contribution in [0, 0.1) is 0 Å². The molecule has 1 aliphatic rings. The molecule has 3 aromatic rings. The number of hydrogen-bond acceptors (Lipinski definition) is 2. The molecule has 0 spiro atoms. The first-order valence-corrected chi connectivity index (χ1v) is 10.1. The Morgan fingerprint density at radius 3 is 1.74 bits per heavy atom. The minimum atomic E-state index is 0.692. The molecule has 3 aromatic carbocycles. The number of ether oxygens (including phenoxy) is 2. The molecule has 0 N–H and O–H groups in total. The van der Waals surface area contributed by atoms with Crippen LogP contribution < -0.4 is 10.4 Å². The lowest BCUT2D eigenvalue weighted by molar-refractivity contribution is -0.417. The standard InChI is InChI=1S/C28H25O3/c1-29-24-18-25(30-2)28(26(19-24)31-3)23-16-14-22(15-17-23)27(20-10-6-4-7-11-20)21-12-8-5-9-13-21/h4-19H,1-3H3/q+1. The fourth-order valence-corrected chi connectivity index (χ4v) is 3.80. The maximum absolute atomic E-state index is 5.64. The Labute approximate surface area is 182 Å². The molecule has 0 bridgehead atoms. The van der Waals surface area contributed by atoms with Crippen LogP contribution in [-0.2, 0) is 13.9 Å². The maximum Gasteiger partial charge on any atom is 0.358 e. The molecule has 0 saturated heterocycles. The lowest BCUT2D eigenvalue weighted by atomic mass is 9.94. The normalized spacial score (nSPS) is 14.7. The lowest BCUT2D eigenvalue weighted by Gasteiger charge is -2.13. The second kappa shape index (κ2) is 9.31. The van der Waals surface area contributed by atoms with Crippen LogP contribution in [0.15, 0.2) is 109 Å². The number of carbonyl (C=O) groups excluding carboxylic acids is 1. The molecule has 0 aliphatic heterocycles. The van der Waals surface area contributed by atoms with Gasteiger partial charge in [0, 0.05) is 6.08 Å². The van der Waals surface area contributed by atoms with Crippen molar-refractivity contribution in [2.24, 2.45) is 0 Å². The summed E-state index contributed by atoms with van der Waals surface area (Å²) in [6.45, 7) is 0. The average molecular weight is 410 g/mol. The van der Waals surface area contributed by atoms with Crippen LogP contribution in [0.25, 0.3) is 11.1 Å². The van der Waals surface area contributed by atoms with Gasteiger partial charge in [-0.05, 0) is 27.1 Å². The van der Waals surface area contributed by atoms with E-state index in [0.29, 0.717) is 17.3 Å². The van der Waals surface area contributed by atoms with Gasteiger partial charge in [-0.1, -0.05) is 84.9 Å². The second-order valence-electron chi connectivity index (χ2n) is 7.09. The third-order valence-electron chi connectivity index (χ3n) is 5.30. The van der Waals surface area contributed by atoms with Crippen molar-refractivity contribution in [2.45, 2.75) is 0 Å². The topological polar surface area (TPSA) is 29.8 Å². The van der Waals surface area contributed by atoms with Gasteiger partial charge in [-0.3, -0.25) is 4.42 Å². The summed E-state index contributed by atoms with van der Waals surface area (Å²) in [5.74, 6) is 2.11. The number of benzene rings is 3. The average Bonchev–Trinajstić information content (AvgIpc) is 2.85. The highest BCUT2D eigenvalue weighted by Crippen LogP contribution is 2.23. The van der Waals surface area contributed by atoms with Crippen molar-refractivity contribution in [3.05, 3.63) is 130 Å². The summed E-state index contributed by atoms with van der Waals surface area (Å²) in [6.07, 6.45) is 3.74. The van der Waals surface area contributed by atoms with Gasteiger partial charge in [-0.2, -0.15) is 0 Å². The summed E-state index contributed by atoms with van der Waals surface area (Å²) < 4.78 is 16.6. The number of allylic oxidation sites excluding steroid dienone is 3. The molecule has 154 valence electrons. The number of rotatable bonds is 4. The van der Waals surface area contributed by atoms with E-state index in [1.807, 2.05) is 24.3 Å². The van der Waals surface area contributed by atoms with E-state index in [1.165, 1.54) is 16.7 Å². The minimum absolute atomic E-state index is 0.692. The van der Waals surface area contributed by atoms with E-state index in [-0.39, 0.29) is 0 Å². The number of ketones is 1. The minimum Gasteiger partial charge on any atom is -0.496 e. The Kier molecular flexibility index (Phi) is 6.13. The van der Waals surface area contributed by atoms with E-state index < -0.39 is 0 Å². The molecule has 1 aliphatic carbocycles. The van der Waals surface area contributed by atoms with Crippen molar-refractivity contribution >= 4 is 16.9 Å². The van der Waals surface area contributed by atoms with E-state index in [1.54, 1.807) is 21.3 Å². The van der Waals surface area contributed by atoms with Gasteiger partial charge in [-0.25, -0.2) is 0 Å². The van der Waals surface area contributed by atoms with Gasteiger partial charge in [0.1, 0.15) is 17.1 Å². The molecule has 3 nitrogen and oxygen atoms in total. The molecule has 0 atom stereocenters. The summed E-state index contributed by atoms with van der Waals surface area (Å²) in [5, 5.41) is 2.16. The monoisotopic (exact) mass is 409 g/mol. The van der Waals surface area contributed by atoms with E-state index in [9.17, 15) is 0 Å². The molecule has 0 saturated carbocycles. The van der Waals surface area contributed by atoms with Crippen LogP contribution >= 0.6 is 0 Å². The first-order chi connectivity index (χ1) is 15.2. The quantitative estimate of drug-likeness (QED) is 0.612. The van der Waals surface area contributed by atoms with Crippen LogP contribution in [0.4, 0.5) is 0 Å². The van der Waals surface area contributed by atoms with Crippen LogP contribution in [-0.4, -0.2) is 27.1 Å². The highest BCUT2D eigenvalue weighted by Gasteiger charge is 2.27. The number of methoxy groups -OCH3 is 2. The smallest absolute Gasteiger partial charge is 0.358 e. The van der Waals surface area contributed by atoms with Gasteiger partial charge in [0.15, 0.2) is 0 Å². The second-order valence-corrected chi connectivity index (χ2v) is 7.09. The van der Waals surface area contributed by atoms with Crippen LogP contribution in [0.3, 0.4) is 0 Å². The Hall–Kier alpha value is -3.85. The van der Waals surface area contributed by atoms with Crippen molar-refractivity contribution < 1.29 is 13.9 Å². The predicted molar refractivity (Wildman–Crippen MR) is 125 cm³/mol. The molecule has 0 fully saturated rings. The first-order valence-electron chi connectivity index (χ1n) is 10.1. The first kappa shape index (κ1) is 20.4. The van der Waals surface area contributed by atoms with Gasteiger partial charge >= 0.3 is 5.78 Å². The molecule has 0 amide bonds. The fraction of sp³-hybridized carbons (Fsp3) is 0.107.